The second-order valence-electron chi connectivity index (χ2n) is 5.05. The summed E-state index contributed by atoms with van der Waals surface area (Å²) >= 11 is 12.2. The van der Waals surface area contributed by atoms with Crippen LogP contribution in [0.1, 0.15) is 31.4 Å². The van der Waals surface area contributed by atoms with E-state index in [2.05, 4.69) is 12.2 Å². The lowest BCUT2D eigenvalue weighted by molar-refractivity contribution is -0.111. The summed E-state index contributed by atoms with van der Waals surface area (Å²) in [7, 11) is 1.77. The van der Waals surface area contributed by atoms with Crippen molar-refractivity contribution in [2.24, 2.45) is 0 Å². The molecule has 112 valence electrons. The average molecular weight is 318 g/mol. The molecule has 0 aliphatic carbocycles. The number of benzene rings is 1. The standard InChI is InChI=1S/C15H21Cl2NO2/c1-3-18-14(11-4-5-12(16)13(17)10-11)15(19-2)6-8-20-9-7-15/h4-5,10,14,18H,3,6-9H2,1-2H3. The quantitative estimate of drug-likeness (QED) is 0.895. The van der Waals surface area contributed by atoms with E-state index >= 15 is 0 Å². The van der Waals surface area contributed by atoms with Gasteiger partial charge in [0.05, 0.1) is 21.7 Å². The molecule has 0 saturated carbocycles. The summed E-state index contributed by atoms with van der Waals surface area (Å²) < 4.78 is 11.4. The monoisotopic (exact) mass is 317 g/mol. The SMILES string of the molecule is CCNC(c1ccc(Cl)c(Cl)c1)C1(OC)CCOCC1. The molecule has 1 aliphatic rings. The van der Waals surface area contributed by atoms with Crippen LogP contribution in [0.2, 0.25) is 10.0 Å². The molecule has 1 unspecified atom stereocenters. The lowest BCUT2D eigenvalue weighted by atomic mass is 9.82. The summed E-state index contributed by atoms with van der Waals surface area (Å²) in [6.45, 7) is 4.39. The Morgan fingerprint density at radius 1 is 1.30 bits per heavy atom. The number of rotatable bonds is 5. The van der Waals surface area contributed by atoms with Crippen molar-refractivity contribution in [1.82, 2.24) is 5.32 Å². The molecule has 1 fully saturated rings. The molecule has 1 aromatic rings. The minimum absolute atomic E-state index is 0.0798. The van der Waals surface area contributed by atoms with Crippen LogP contribution >= 0.6 is 23.2 Å². The Kier molecular flexibility index (Phi) is 5.70. The minimum atomic E-state index is -0.259. The van der Waals surface area contributed by atoms with E-state index in [9.17, 15) is 0 Å². The van der Waals surface area contributed by atoms with E-state index in [1.165, 1.54) is 0 Å². The van der Waals surface area contributed by atoms with E-state index in [0.717, 1.165) is 38.2 Å². The maximum absolute atomic E-state index is 6.16. The molecule has 0 radical (unpaired) electrons. The van der Waals surface area contributed by atoms with Crippen molar-refractivity contribution < 1.29 is 9.47 Å². The highest BCUT2D eigenvalue weighted by molar-refractivity contribution is 6.42. The molecule has 3 nitrogen and oxygen atoms in total. The molecule has 1 heterocycles. The van der Waals surface area contributed by atoms with Crippen molar-refractivity contribution in [3.8, 4) is 0 Å². The molecule has 0 spiro atoms. The van der Waals surface area contributed by atoms with Crippen molar-refractivity contribution in [2.75, 3.05) is 26.9 Å². The molecule has 1 N–H and O–H groups in total. The molecule has 1 aromatic carbocycles. The third-order valence-electron chi connectivity index (χ3n) is 3.96. The fourth-order valence-electron chi connectivity index (χ4n) is 2.83. The van der Waals surface area contributed by atoms with Crippen LogP contribution in [-0.2, 0) is 9.47 Å². The van der Waals surface area contributed by atoms with Gasteiger partial charge in [-0.05, 0) is 24.2 Å². The fourth-order valence-corrected chi connectivity index (χ4v) is 3.14. The number of hydrogen-bond donors (Lipinski definition) is 1. The summed E-state index contributed by atoms with van der Waals surface area (Å²) in [6.07, 6.45) is 1.73. The maximum atomic E-state index is 6.16. The van der Waals surface area contributed by atoms with Gasteiger partial charge >= 0.3 is 0 Å². The number of hydrogen-bond acceptors (Lipinski definition) is 3. The van der Waals surface area contributed by atoms with Crippen molar-refractivity contribution in [2.45, 2.75) is 31.4 Å². The van der Waals surface area contributed by atoms with Gasteiger partial charge in [-0.1, -0.05) is 36.2 Å². The van der Waals surface area contributed by atoms with Gasteiger partial charge in [-0.25, -0.2) is 0 Å². The summed E-state index contributed by atoms with van der Waals surface area (Å²) in [5, 5.41) is 4.67. The van der Waals surface area contributed by atoms with Crippen LogP contribution in [0.5, 0.6) is 0 Å². The topological polar surface area (TPSA) is 30.5 Å². The normalized spacial score (nSPS) is 19.8. The third kappa shape index (κ3) is 3.29. The second kappa shape index (κ2) is 7.10. The highest BCUT2D eigenvalue weighted by atomic mass is 35.5. The molecule has 1 atom stereocenters. The number of likely N-dealkylation sites (N-methyl/N-ethyl adjacent to an activating group) is 1. The van der Waals surface area contributed by atoms with E-state index in [1.54, 1.807) is 7.11 Å². The number of methoxy groups -OCH3 is 1. The van der Waals surface area contributed by atoms with Gasteiger partial charge in [-0.2, -0.15) is 0 Å². The molecule has 1 saturated heterocycles. The van der Waals surface area contributed by atoms with E-state index in [1.807, 2.05) is 18.2 Å². The van der Waals surface area contributed by atoms with Crippen LogP contribution in [-0.4, -0.2) is 32.5 Å². The van der Waals surface area contributed by atoms with Crippen molar-refractivity contribution in [1.29, 1.82) is 0 Å². The smallest absolute Gasteiger partial charge is 0.0916 e. The Bertz CT molecular complexity index is 447. The predicted octanol–water partition coefficient (Wildman–Crippen LogP) is 3.84. The van der Waals surface area contributed by atoms with Gasteiger partial charge in [0.15, 0.2) is 0 Å². The van der Waals surface area contributed by atoms with Crippen molar-refractivity contribution in [3.63, 3.8) is 0 Å². The van der Waals surface area contributed by atoms with E-state index in [-0.39, 0.29) is 11.6 Å². The van der Waals surface area contributed by atoms with Gasteiger partial charge in [-0.3, -0.25) is 0 Å². The highest BCUT2D eigenvalue weighted by Gasteiger charge is 2.41. The maximum Gasteiger partial charge on any atom is 0.0916 e. The first kappa shape index (κ1) is 16.1. The highest BCUT2D eigenvalue weighted by Crippen LogP contribution is 2.38. The Balaban J connectivity index is 2.35. The van der Waals surface area contributed by atoms with E-state index < -0.39 is 0 Å². The van der Waals surface area contributed by atoms with E-state index in [4.69, 9.17) is 32.7 Å². The van der Waals surface area contributed by atoms with Crippen LogP contribution in [0.3, 0.4) is 0 Å². The summed E-state index contributed by atoms with van der Waals surface area (Å²) in [5.74, 6) is 0. The molecular formula is C15H21Cl2NO2. The van der Waals surface area contributed by atoms with Crippen LogP contribution < -0.4 is 5.32 Å². The molecule has 0 amide bonds. The zero-order valence-electron chi connectivity index (χ0n) is 11.9. The van der Waals surface area contributed by atoms with Gasteiger partial charge in [0, 0.05) is 33.2 Å². The number of halogens is 2. The molecule has 1 aliphatic heterocycles. The first-order chi connectivity index (χ1) is 9.63. The molecule has 2 rings (SSSR count). The van der Waals surface area contributed by atoms with Gasteiger partial charge in [0.1, 0.15) is 0 Å². The summed E-state index contributed by atoms with van der Waals surface area (Å²) in [5.41, 5.74) is 0.843. The Morgan fingerprint density at radius 3 is 2.55 bits per heavy atom. The fraction of sp³-hybridized carbons (Fsp3) is 0.600. The number of ether oxygens (including phenoxy) is 2. The Morgan fingerprint density at radius 2 is 2.00 bits per heavy atom. The molecular weight excluding hydrogens is 297 g/mol. The zero-order chi connectivity index (χ0) is 14.6. The minimum Gasteiger partial charge on any atom is -0.381 e. The Hall–Kier alpha value is -0.320. The van der Waals surface area contributed by atoms with Gasteiger partial charge in [-0.15, -0.1) is 0 Å². The number of nitrogens with one attached hydrogen (secondary N) is 1. The van der Waals surface area contributed by atoms with E-state index in [0.29, 0.717) is 10.0 Å². The molecule has 0 bridgehead atoms. The van der Waals surface area contributed by atoms with Gasteiger partial charge < -0.3 is 14.8 Å². The van der Waals surface area contributed by atoms with Crippen molar-refractivity contribution >= 4 is 23.2 Å². The largest absolute Gasteiger partial charge is 0.381 e. The van der Waals surface area contributed by atoms with Gasteiger partial charge in [0.25, 0.3) is 0 Å². The Labute approximate surface area is 130 Å². The first-order valence-corrected chi connectivity index (χ1v) is 7.70. The molecule has 0 aromatic heterocycles. The first-order valence-electron chi connectivity index (χ1n) is 6.94. The lowest BCUT2D eigenvalue weighted by Crippen LogP contribution is -2.49. The summed E-state index contributed by atoms with van der Waals surface area (Å²) in [4.78, 5) is 0. The predicted molar refractivity (Wildman–Crippen MR) is 82.7 cm³/mol. The average Bonchev–Trinajstić information content (AvgIpc) is 2.48. The van der Waals surface area contributed by atoms with Crippen LogP contribution in [0.4, 0.5) is 0 Å². The zero-order valence-corrected chi connectivity index (χ0v) is 13.4. The third-order valence-corrected chi connectivity index (χ3v) is 4.70. The lowest BCUT2D eigenvalue weighted by Gasteiger charge is -2.43. The second-order valence-corrected chi connectivity index (χ2v) is 5.86. The molecule has 20 heavy (non-hydrogen) atoms. The van der Waals surface area contributed by atoms with Crippen LogP contribution in [0.15, 0.2) is 18.2 Å². The van der Waals surface area contributed by atoms with Crippen molar-refractivity contribution in [3.05, 3.63) is 33.8 Å². The van der Waals surface area contributed by atoms with Gasteiger partial charge in [0.2, 0.25) is 0 Å². The van der Waals surface area contributed by atoms with Crippen LogP contribution in [0, 0.1) is 0 Å². The summed E-state index contributed by atoms with van der Waals surface area (Å²) in [6, 6.07) is 5.86. The van der Waals surface area contributed by atoms with Crippen LogP contribution in [0.25, 0.3) is 0 Å². The molecule has 5 heteroatoms.